The van der Waals surface area contributed by atoms with Gasteiger partial charge in [0, 0.05) is 60.8 Å². The molecule has 5 heterocycles. The number of nitrogens with zero attached hydrogens (tertiary/aromatic N) is 5. The SMILES string of the molecule is COCCOc1cc(F)cc(F)c1-c1c(-c2cc3n(n2)CCNC3C)nc(-c2ccc3c(cnn3C)c2)c2occc12. The van der Waals surface area contributed by atoms with Crippen LogP contribution in [0.3, 0.4) is 0 Å². The van der Waals surface area contributed by atoms with Gasteiger partial charge < -0.3 is 19.2 Å². The third-order valence-electron chi connectivity index (χ3n) is 7.72. The Morgan fingerprint density at radius 1 is 1.07 bits per heavy atom. The van der Waals surface area contributed by atoms with Crippen molar-refractivity contribution in [3.8, 4) is 39.5 Å². The number of fused-ring (bicyclic) bond motifs is 3. The summed E-state index contributed by atoms with van der Waals surface area (Å²) >= 11 is 0. The summed E-state index contributed by atoms with van der Waals surface area (Å²) in [5.41, 5.74) is 5.28. The minimum absolute atomic E-state index is 0.0404. The van der Waals surface area contributed by atoms with E-state index in [1.54, 1.807) is 23.2 Å². The van der Waals surface area contributed by atoms with Gasteiger partial charge in [-0.25, -0.2) is 13.8 Å². The molecule has 0 radical (unpaired) electrons. The van der Waals surface area contributed by atoms with Crippen molar-refractivity contribution in [3.05, 3.63) is 72.3 Å². The second-order valence-electron chi connectivity index (χ2n) is 10.3. The fraction of sp³-hybridized carbons (Fsp3) is 0.258. The van der Waals surface area contributed by atoms with Crippen molar-refractivity contribution in [3.63, 3.8) is 0 Å². The zero-order chi connectivity index (χ0) is 29.0. The van der Waals surface area contributed by atoms with Crippen molar-refractivity contribution in [2.24, 2.45) is 7.05 Å². The molecule has 0 saturated heterocycles. The maximum Gasteiger partial charge on any atom is 0.160 e. The Hall–Kier alpha value is -4.61. The number of hydrogen-bond donors (Lipinski definition) is 1. The van der Waals surface area contributed by atoms with E-state index >= 15 is 4.39 Å². The Labute approximate surface area is 239 Å². The van der Waals surface area contributed by atoms with Crippen LogP contribution in [0.25, 0.3) is 55.6 Å². The number of aromatic nitrogens is 5. The number of pyridine rings is 1. The van der Waals surface area contributed by atoms with Gasteiger partial charge in [0.05, 0.1) is 42.4 Å². The Bertz CT molecular complexity index is 1960. The molecule has 1 aliphatic rings. The summed E-state index contributed by atoms with van der Waals surface area (Å²) in [4.78, 5) is 5.12. The Kier molecular flexibility index (Phi) is 6.47. The number of ether oxygens (including phenoxy) is 2. The minimum Gasteiger partial charge on any atom is -0.490 e. The van der Waals surface area contributed by atoms with Gasteiger partial charge in [0.1, 0.15) is 41.1 Å². The van der Waals surface area contributed by atoms with Crippen LogP contribution in [-0.2, 0) is 18.3 Å². The van der Waals surface area contributed by atoms with Crippen LogP contribution in [0.4, 0.5) is 8.78 Å². The Balaban J connectivity index is 1.53. The van der Waals surface area contributed by atoms with Gasteiger partial charge in [-0.3, -0.25) is 9.36 Å². The zero-order valence-corrected chi connectivity index (χ0v) is 23.3. The molecule has 2 aromatic carbocycles. The number of hydrogen-bond acceptors (Lipinski definition) is 7. The first kappa shape index (κ1) is 26.3. The summed E-state index contributed by atoms with van der Waals surface area (Å²) in [6.45, 7) is 3.88. The normalized spacial score (nSPS) is 15.0. The van der Waals surface area contributed by atoms with Crippen LogP contribution >= 0.6 is 0 Å². The molecule has 0 aliphatic carbocycles. The second-order valence-corrected chi connectivity index (χ2v) is 10.3. The van der Waals surface area contributed by atoms with Gasteiger partial charge in [-0.15, -0.1) is 0 Å². The average Bonchev–Trinajstić information content (AvgIpc) is 3.72. The molecule has 0 bridgehead atoms. The van der Waals surface area contributed by atoms with E-state index in [0.29, 0.717) is 40.2 Å². The first-order chi connectivity index (χ1) is 20.4. The predicted octanol–water partition coefficient (Wildman–Crippen LogP) is 5.88. The van der Waals surface area contributed by atoms with Crippen molar-refractivity contribution in [2.75, 3.05) is 26.9 Å². The highest BCUT2D eigenvalue weighted by Crippen LogP contribution is 2.46. The molecule has 0 spiro atoms. The molecule has 1 unspecified atom stereocenters. The number of furan rings is 1. The smallest absolute Gasteiger partial charge is 0.160 e. The highest BCUT2D eigenvalue weighted by molar-refractivity contribution is 6.07. The summed E-state index contributed by atoms with van der Waals surface area (Å²) in [6.07, 6.45) is 3.34. The number of aryl methyl sites for hydroxylation is 1. The van der Waals surface area contributed by atoms with E-state index in [2.05, 4.69) is 17.3 Å². The van der Waals surface area contributed by atoms with E-state index < -0.39 is 11.6 Å². The maximum atomic E-state index is 15.9. The Morgan fingerprint density at radius 2 is 1.95 bits per heavy atom. The van der Waals surface area contributed by atoms with Crippen molar-refractivity contribution < 1.29 is 22.7 Å². The van der Waals surface area contributed by atoms with E-state index in [1.165, 1.54) is 13.2 Å². The summed E-state index contributed by atoms with van der Waals surface area (Å²) < 4.78 is 51.1. The van der Waals surface area contributed by atoms with Crippen molar-refractivity contribution >= 4 is 21.9 Å². The number of benzene rings is 2. The van der Waals surface area contributed by atoms with E-state index in [1.807, 2.05) is 36.0 Å². The highest BCUT2D eigenvalue weighted by atomic mass is 19.1. The van der Waals surface area contributed by atoms with E-state index in [4.69, 9.17) is 24.0 Å². The molecule has 42 heavy (non-hydrogen) atoms. The maximum absolute atomic E-state index is 15.9. The number of rotatable bonds is 7. The lowest BCUT2D eigenvalue weighted by Crippen LogP contribution is -2.31. The summed E-state index contributed by atoms with van der Waals surface area (Å²) in [5, 5.41) is 14.3. The molecular formula is C31H28F2N6O3. The van der Waals surface area contributed by atoms with Gasteiger partial charge in [-0.2, -0.15) is 10.2 Å². The van der Waals surface area contributed by atoms with Gasteiger partial charge >= 0.3 is 0 Å². The number of nitrogens with one attached hydrogen (secondary N) is 1. The Morgan fingerprint density at radius 3 is 2.79 bits per heavy atom. The van der Waals surface area contributed by atoms with Crippen LogP contribution in [0, 0.1) is 11.6 Å². The third kappa shape index (κ3) is 4.32. The lowest BCUT2D eigenvalue weighted by molar-refractivity contribution is 0.146. The van der Waals surface area contributed by atoms with E-state index in [0.717, 1.165) is 34.8 Å². The fourth-order valence-electron chi connectivity index (χ4n) is 5.69. The van der Waals surface area contributed by atoms with Crippen LogP contribution in [0.2, 0.25) is 0 Å². The topological polar surface area (TPSA) is 92.2 Å². The molecular weight excluding hydrogens is 542 g/mol. The lowest BCUT2D eigenvalue weighted by atomic mass is 9.94. The third-order valence-corrected chi connectivity index (χ3v) is 7.72. The lowest BCUT2D eigenvalue weighted by Gasteiger charge is -2.21. The van der Waals surface area contributed by atoms with Gasteiger partial charge in [-0.05, 0) is 31.2 Å². The van der Waals surface area contributed by atoms with Crippen LogP contribution < -0.4 is 10.1 Å². The first-order valence-corrected chi connectivity index (χ1v) is 13.7. The molecule has 9 nitrogen and oxygen atoms in total. The molecule has 11 heteroatoms. The molecule has 0 saturated carbocycles. The molecule has 1 aliphatic heterocycles. The average molecular weight is 571 g/mol. The summed E-state index contributed by atoms with van der Waals surface area (Å²) in [5.74, 6) is -1.49. The second kappa shape index (κ2) is 10.3. The molecule has 1 N–H and O–H groups in total. The van der Waals surface area contributed by atoms with Crippen LogP contribution in [0.1, 0.15) is 18.7 Å². The van der Waals surface area contributed by atoms with Crippen LogP contribution in [0.5, 0.6) is 5.75 Å². The summed E-state index contributed by atoms with van der Waals surface area (Å²) in [6, 6.07) is 11.8. The molecule has 214 valence electrons. The van der Waals surface area contributed by atoms with Gasteiger partial charge in [0.2, 0.25) is 0 Å². The first-order valence-electron chi connectivity index (χ1n) is 13.7. The van der Waals surface area contributed by atoms with Gasteiger partial charge in [0.15, 0.2) is 5.58 Å². The van der Waals surface area contributed by atoms with E-state index in [-0.39, 0.29) is 30.6 Å². The summed E-state index contributed by atoms with van der Waals surface area (Å²) in [7, 11) is 3.42. The molecule has 0 amide bonds. The fourth-order valence-corrected chi connectivity index (χ4v) is 5.69. The number of methoxy groups -OCH3 is 1. The highest BCUT2D eigenvalue weighted by Gasteiger charge is 2.28. The predicted molar refractivity (Wildman–Crippen MR) is 154 cm³/mol. The largest absolute Gasteiger partial charge is 0.490 e. The van der Waals surface area contributed by atoms with Gasteiger partial charge in [-0.1, -0.05) is 6.07 Å². The molecule has 4 aromatic heterocycles. The molecule has 7 rings (SSSR count). The van der Waals surface area contributed by atoms with Crippen LogP contribution in [-0.4, -0.2) is 51.4 Å². The van der Waals surface area contributed by atoms with E-state index in [9.17, 15) is 4.39 Å². The molecule has 1 atom stereocenters. The molecule has 0 fully saturated rings. The monoisotopic (exact) mass is 570 g/mol. The quantitative estimate of drug-likeness (QED) is 0.240. The molecule has 6 aromatic rings. The minimum atomic E-state index is -0.781. The zero-order valence-electron chi connectivity index (χ0n) is 23.3. The standard InChI is InChI=1S/C31H28F2N6O3/c1-17-25-15-23(37-39(25)8-7-34-17)30-27(28-22(33)13-20(32)14-26(28)41-11-10-40-3)21-6-9-42-31(21)29(36-30)18-4-5-24-19(12-18)16-35-38(24)2/h4-6,9,12-17,34H,7-8,10-11H2,1-3H3. The van der Waals surface area contributed by atoms with Crippen molar-refractivity contribution in [2.45, 2.75) is 19.5 Å². The number of halogens is 2. The van der Waals surface area contributed by atoms with Crippen molar-refractivity contribution in [1.29, 1.82) is 0 Å². The van der Waals surface area contributed by atoms with Gasteiger partial charge in [0.25, 0.3) is 0 Å². The van der Waals surface area contributed by atoms with Crippen molar-refractivity contribution in [1.82, 2.24) is 29.9 Å². The van der Waals surface area contributed by atoms with Crippen LogP contribution in [0.15, 0.2) is 59.3 Å².